The number of benzene rings is 2. The van der Waals surface area contributed by atoms with Gasteiger partial charge in [0, 0.05) is 6.21 Å². The second-order valence-electron chi connectivity index (χ2n) is 5.41. The van der Waals surface area contributed by atoms with Gasteiger partial charge in [0.25, 0.3) is 0 Å². The van der Waals surface area contributed by atoms with E-state index in [1.807, 2.05) is 24.4 Å². The van der Waals surface area contributed by atoms with Gasteiger partial charge in [0.1, 0.15) is 0 Å². The number of ether oxygens (including phenoxy) is 2. The number of hydrogen-bond donors (Lipinski definition) is 0. The second kappa shape index (κ2) is 8.16. The molecule has 0 spiro atoms. The largest absolute Gasteiger partial charge is 0.493 e. The Hall–Kier alpha value is -1.81. The molecule has 0 aliphatic carbocycles. The molecule has 122 valence electrons. The van der Waals surface area contributed by atoms with E-state index >= 15 is 0 Å². The Morgan fingerprint density at radius 1 is 1.13 bits per heavy atom. The lowest BCUT2D eigenvalue weighted by Crippen LogP contribution is -1.99. The summed E-state index contributed by atoms with van der Waals surface area (Å²) in [5, 5.41) is 0. The van der Waals surface area contributed by atoms with Gasteiger partial charge in [-0.2, -0.15) is 0 Å². The molecule has 0 heterocycles. The second-order valence-corrected chi connectivity index (χ2v) is 6.26. The van der Waals surface area contributed by atoms with Gasteiger partial charge in [-0.25, -0.2) is 0 Å². The van der Waals surface area contributed by atoms with Crippen LogP contribution in [0.1, 0.15) is 30.0 Å². The average molecular weight is 376 g/mol. The molecule has 0 aromatic heterocycles. The summed E-state index contributed by atoms with van der Waals surface area (Å²) in [6.07, 6.45) is 2.78. The third-order valence-electron chi connectivity index (χ3n) is 3.56. The standard InChI is InChI=1S/C19H22BrNO2/c1-5-8-23-19-17(20)10-15(11-18(19)22-4)12-21-16-7-6-13(2)14(3)9-16/h6-7,9-12H,5,8H2,1-4H3. The molecule has 0 radical (unpaired) electrons. The fourth-order valence-corrected chi connectivity index (χ4v) is 2.69. The molecule has 0 N–H and O–H groups in total. The molecule has 0 atom stereocenters. The van der Waals surface area contributed by atoms with Crippen molar-refractivity contribution in [2.75, 3.05) is 13.7 Å². The molecule has 0 fully saturated rings. The van der Waals surface area contributed by atoms with Gasteiger partial charge in [-0.3, -0.25) is 4.99 Å². The number of hydrogen-bond acceptors (Lipinski definition) is 3. The van der Waals surface area contributed by atoms with Gasteiger partial charge in [-0.15, -0.1) is 0 Å². The van der Waals surface area contributed by atoms with Gasteiger partial charge in [-0.1, -0.05) is 13.0 Å². The van der Waals surface area contributed by atoms with Crippen LogP contribution < -0.4 is 9.47 Å². The van der Waals surface area contributed by atoms with Crippen molar-refractivity contribution in [2.24, 2.45) is 4.99 Å². The Bertz CT molecular complexity index is 711. The summed E-state index contributed by atoms with van der Waals surface area (Å²) in [5.41, 5.74) is 4.40. The van der Waals surface area contributed by atoms with Gasteiger partial charge >= 0.3 is 0 Å². The molecule has 0 saturated heterocycles. The quantitative estimate of drug-likeness (QED) is 0.613. The molecule has 0 unspecified atom stereocenters. The van der Waals surface area contributed by atoms with E-state index in [0.29, 0.717) is 12.4 Å². The summed E-state index contributed by atoms with van der Waals surface area (Å²) in [6, 6.07) is 10.1. The summed E-state index contributed by atoms with van der Waals surface area (Å²) >= 11 is 3.55. The Kier molecular flexibility index (Phi) is 6.22. The van der Waals surface area contributed by atoms with Crippen molar-refractivity contribution in [3.8, 4) is 11.5 Å². The highest BCUT2D eigenvalue weighted by Crippen LogP contribution is 2.36. The molecule has 2 rings (SSSR count). The van der Waals surface area contributed by atoms with E-state index in [4.69, 9.17) is 9.47 Å². The molecule has 3 nitrogen and oxygen atoms in total. The highest BCUT2D eigenvalue weighted by molar-refractivity contribution is 9.10. The van der Waals surface area contributed by atoms with E-state index in [9.17, 15) is 0 Å². The third kappa shape index (κ3) is 4.58. The lowest BCUT2D eigenvalue weighted by molar-refractivity contribution is 0.292. The Labute approximate surface area is 146 Å². The molecule has 23 heavy (non-hydrogen) atoms. The summed E-state index contributed by atoms with van der Waals surface area (Å²) in [6.45, 7) is 6.92. The van der Waals surface area contributed by atoms with E-state index in [1.165, 1.54) is 11.1 Å². The number of aryl methyl sites for hydroxylation is 2. The number of nitrogens with zero attached hydrogens (tertiary/aromatic N) is 1. The summed E-state index contributed by atoms with van der Waals surface area (Å²) < 4.78 is 12.0. The first-order chi connectivity index (χ1) is 11.0. The summed E-state index contributed by atoms with van der Waals surface area (Å²) in [5.74, 6) is 1.44. The van der Waals surface area contributed by atoms with Crippen LogP contribution in [0.5, 0.6) is 11.5 Å². The van der Waals surface area contributed by atoms with Crippen molar-refractivity contribution in [3.63, 3.8) is 0 Å². The van der Waals surface area contributed by atoms with Crippen LogP contribution in [0.15, 0.2) is 39.8 Å². The van der Waals surface area contributed by atoms with Crippen LogP contribution in [0.2, 0.25) is 0 Å². The fraction of sp³-hybridized carbons (Fsp3) is 0.316. The van der Waals surface area contributed by atoms with Crippen molar-refractivity contribution in [2.45, 2.75) is 27.2 Å². The summed E-state index contributed by atoms with van der Waals surface area (Å²) in [4.78, 5) is 4.54. The van der Waals surface area contributed by atoms with Crippen LogP contribution in [0, 0.1) is 13.8 Å². The molecule has 2 aromatic rings. The Balaban J connectivity index is 2.27. The lowest BCUT2D eigenvalue weighted by atomic mass is 10.1. The first-order valence-electron chi connectivity index (χ1n) is 7.66. The monoisotopic (exact) mass is 375 g/mol. The van der Waals surface area contributed by atoms with Crippen molar-refractivity contribution >= 4 is 27.8 Å². The smallest absolute Gasteiger partial charge is 0.175 e. The molecule has 0 saturated carbocycles. The molecule has 2 aromatic carbocycles. The zero-order valence-corrected chi connectivity index (χ0v) is 15.6. The van der Waals surface area contributed by atoms with Crippen molar-refractivity contribution in [1.29, 1.82) is 0 Å². The molecular formula is C19H22BrNO2. The maximum absolute atomic E-state index is 5.74. The molecule has 0 aliphatic rings. The zero-order valence-electron chi connectivity index (χ0n) is 14.0. The third-order valence-corrected chi connectivity index (χ3v) is 4.14. The first-order valence-corrected chi connectivity index (χ1v) is 8.46. The lowest BCUT2D eigenvalue weighted by Gasteiger charge is -2.12. The predicted molar refractivity (Wildman–Crippen MR) is 99.7 cm³/mol. The van der Waals surface area contributed by atoms with E-state index < -0.39 is 0 Å². The molecule has 4 heteroatoms. The van der Waals surface area contributed by atoms with Gasteiger partial charge in [0.15, 0.2) is 11.5 Å². The van der Waals surface area contributed by atoms with E-state index in [0.717, 1.165) is 27.9 Å². The van der Waals surface area contributed by atoms with Gasteiger partial charge in [0.05, 0.1) is 23.9 Å². The normalized spacial score (nSPS) is 11.0. The van der Waals surface area contributed by atoms with Gasteiger partial charge in [0.2, 0.25) is 0 Å². The van der Waals surface area contributed by atoms with Crippen molar-refractivity contribution < 1.29 is 9.47 Å². The van der Waals surface area contributed by atoms with Crippen LogP contribution in [-0.4, -0.2) is 19.9 Å². The zero-order chi connectivity index (χ0) is 16.8. The predicted octanol–water partition coefficient (Wildman–Crippen LogP) is 5.61. The van der Waals surface area contributed by atoms with E-state index in [1.54, 1.807) is 7.11 Å². The van der Waals surface area contributed by atoms with Gasteiger partial charge < -0.3 is 9.47 Å². The van der Waals surface area contributed by atoms with Crippen LogP contribution in [0.4, 0.5) is 5.69 Å². The first kappa shape index (κ1) is 17.5. The van der Waals surface area contributed by atoms with Crippen molar-refractivity contribution in [3.05, 3.63) is 51.5 Å². The van der Waals surface area contributed by atoms with Crippen LogP contribution >= 0.6 is 15.9 Å². The Morgan fingerprint density at radius 3 is 2.57 bits per heavy atom. The average Bonchev–Trinajstić information content (AvgIpc) is 2.54. The number of rotatable bonds is 6. The Morgan fingerprint density at radius 2 is 1.91 bits per heavy atom. The molecule has 0 amide bonds. The molecular weight excluding hydrogens is 354 g/mol. The fourth-order valence-electron chi connectivity index (χ4n) is 2.11. The van der Waals surface area contributed by atoms with Gasteiger partial charge in [-0.05, 0) is 77.2 Å². The minimum Gasteiger partial charge on any atom is -0.493 e. The molecule has 0 aliphatic heterocycles. The maximum atomic E-state index is 5.74. The van der Waals surface area contributed by atoms with E-state index in [2.05, 4.69) is 53.8 Å². The van der Waals surface area contributed by atoms with Crippen LogP contribution in [0.25, 0.3) is 0 Å². The SMILES string of the molecule is CCCOc1c(Br)cc(C=Nc2ccc(C)c(C)c2)cc1OC. The molecule has 0 bridgehead atoms. The minimum absolute atomic E-state index is 0.658. The van der Waals surface area contributed by atoms with E-state index in [-0.39, 0.29) is 0 Å². The topological polar surface area (TPSA) is 30.8 Å². The number of methoxy groups -OCH3 is 1. The highest BCUT2D eigenvalue weighted by atomic mass is 79.9. The number of aliphatic imine (C=N–C) groups is 1. The minimum atomic E-state index is 0.658. The van der Waals surface area contributed by atoms with Crippen LogP contribution in [0.3, 0.4) is 0 Å². The highest BCUT2D eigenvalue weighted by Gasteiger charge is 2.10. The maximum Gasteiger partial charge on any atom is 0.175 e. The summed E-state index contributed by atoms with van der Waals surface area (Å²) in [7, 11) is 1.64. The van der Waals surface area contributed by atoms with Crippen molar-refractivity contribution in [1.82, 2.24) is 0 Å². The van der Waals surface area contributed by atoms with Crippen LogP contribution in [-0.2, 0) is 0 Å². The number of halogens is 1.